The molecule has 0 aliphatic rings. The lowest BCUT2D eigenvalue weighted by atomic mass is 10.2. The highest BCUT2D eigenvalue weighted by Crippen LogP contribution is 2.39. The zero-order valence-corrected chi connectivity index (χ0v) is 13.7. The van der Waals surface area contributed by atoms with Crippen molar-refractivity contribution in [2.45, 2.75) is 6.42 Å². The Labute approximate surface area is 152 Å². The minimum absolute atomic E-state index is 0.0881. The highest BCUT2D eigenvalue weighted by Gasteiger charge is 2.15. The van der Waals surface area contributed by atoms with Gasteiger partial charge in [-0.2, -0.15) is 0 Å². The molecule has 0 aliphatic heterocycles. The third-order valence-electron chi connectivity index (χ3n) is 3.28. The van der Waals surface area contributed by atoms with Gasteiger partial charge in [-0.25, -0.2) is 0 Å². The molecular weight excluding hydrogens is 364 g/mol. The number of rotatable bonds is 8. The van der Waals surface area contributed by atoms with E-state index in [-0.39, 0.29) is 11.5 Å². The van der Waals surface area contributed by atoms with Crippen molar-refractivity contribution in [3.05, 3.63) is 24.3 Å². The summed E-state index contributed by atoms with van der Waals surface area (Å²) < 4.78 is 10.1. The Bertz CT molecular complexity index is 757. The maximum atomic E-state index is 11.7. The van der Waals surface area contributed by atoms with Crippen LogP contribution in [0, 0.1) is 0 Å². The summed E-state index contributed by atoms with van der Waals surface area (Å²) in [6.07, 6.45) is -0.536. The van der Waals surface area contributed by atoms with Crippen molar-refractivity contribution in [3.8, 4) is 46.0 Å². The average Bonchev–Trinajstić information content (AvgIpc) is 2.60. The molecule has 144 valence electrons. The van der Waals surface area contributed by atoms with Crippen LogP contribution in [0.3, 0.4) is 0 Å². The molecule has 2 rings (SSSR count). The maximum Gasteiger partial charge on any atom is 0.200 e. The molecule has 6 N–H and O–H groups in total. The zero-order chi connectivity index (χ0) is 20.1. The van der Waals surface area contributed by atoms with E-state index in [0.717, 1.165) is 24.3 Å². The molecule has 0 fully saturated rings. The van der Waals surface area contributed by atoms with E-state index in [1.54, 1.807) is 0 Å². The van der Waals surface area contributed by atoms with Crippen LogP contribution in [-0.4, -0.2) is 55.4 Å². The van der Waals surface area contributed by atoms with Gasteiger partial charge < -0.3 is 40.1 Å². The molecule has 0 heterocycles. The molecule has 0 radical (unpaired) electrons. The van der Waals surface area contributed by atoms with E-state index in [1.165, 1.54) is 0 Å². The quantitative estimate of drug-likeness (QED) is 0.285. The van der Waals surface area contributed by atoms with Gasteiger partial charge in [0.15, 0.2) is 34.6 Å². The fourth-order valence-electron chi connectivity index (χ4n) is 1.97. The molecule has 0 amide bonds. The number of Topliss-reactive ketones (excluding diaryl/α,β-unsaturated/α-hetero) is 2. The van der Waals surface area contributed by atoms with Crippen LogP contribution in [-0.2, 0) is 9.59 Å². The van der Waals surface area contributed by atoms with Gasteiger partial charge in [-0.3, -0.25) is 9.59 Å². The van der Waals surface area contributed by atoms with Crippen LogP contribution >= 0.6 is 0 Å². The van der Waals surface area contributed by atoms with Gasteiger partial charge in [0.1, 0.15) is 24.7 Å². The van der Waals surface area contributed by atoms with Gasteiger partial charge in [0.05, 0.1) is 6.42 Å². The van der Waals surface area contributed by atoms with E-state index in [1.807, 2.05) is 0 Å². The van der Waals surface area contributed by atoms with Crippen molar-refractivity contribution in [1.82, 2.24) is 0 Å². The second-order valence-corrected chi connectivity index (χ2v) is 5.45. The van der Waals surface area contributed by atoms with Crippen molar-refractivity contribution in [3.63, 3.8) is 0 Å². The Balaban J connectivity index is 1.83. The van der Waals surface area contributed by atoms with Crippen molar-refractivity contribution >= 4 is 11.6 Å². The van der Waals surface area contributed by atoms with Gasteiger partial charge in [-0.15, -0.1) is 0 Å². The summed E-state index contributed by atoms with van der Waals surface area (Å²) in [6.45, 7) is -1.06. The predicted octanol–water partition coefficient (Wildman–Crippen LogP) is 0.906. The van der Waals surface area contributed by atoms with E-state index < -0.39 is 65.7 Å². The first-order valence-electron chi connectivity index (χ1n) is 7.46. The minimum Gasteiger partial charge on any atom is -0.504 e. The topological polar surface area (TPSA) is 174 Å². The Hall–Kier alpha value is -3.82. The van der Waals surface area contributed by atoms with Crippen LogP contribution in [0.4, 0.5) is 0 Å². The zero-order valence-electron chi connectivity index (χ0n) is 13.7. The van der Waals surface area contributed by atoms with E-state index >= 15 is 0 Å². The highest BCUT2D eigenvalue weighted by atomic mass is 16.5. The molecule has 10 nitrogen and oxygen atoms in total. The number of carbonyl (C=O) groups excluding carboxylic acids is 2. The molecule has 0 saturated heterocycles. The first-order chi connectivity index (χ1) is 12.7. The molecule has 10 heteroatoms. The van der Waals surface area contributed by atoms with Gasteiger partial charge in [-0.1, -0.05) is 0 Å². The summed E-state index contributed by atoms with van der Waals surface area (Å²) >= 11 is 0. The molecule has 0 aliphatic carbocycles. The van der Waals surface area contributed by atoms with Crippen LogP contribution in [0.15, 0.2) is 24.3 Å². The van der Waals surface area contributed by atoms with E-state index in [0.29, 0.717) is 0 Å². The first-order valence-corrected chi connectivity index (χ1v) is 7.46. The standard InChI is InChI=1S/C17H16O10/c18-8(6-26-10-2-12(20)16(24)13(21)3-10)1-9(19)7-27-11-4-14(22)17(25)15(23)5-11/h2-5,20-25H,1,6-7H2. The van der Waals surface area contributed by atoms with Crippen molar-refractivity contribution in [2.24, 2.45) is 0 Å². The molecular formula is C17H16O10. The number of phenolic OH excluding ortho intramolecular Hbond substituents is 6. The second-order valence-electron chi connectivity index (χ2n) is 5.45. The smallest absolute Gasteiger partial charge is 0.200 e. The van der Waals surface area contributed by atoms with Crippen molar-refractivity contribution in [2.75, 3.05) is 13.2 Å². The molecule has 2 aromatic carbocycles. The molecule has 0 aromatic heterocycles. The number of carbonyl (C=O) groups is 2. The largest absolute Gasteiger partial charge is 0.504 e. The molecule has 0 unspecified atom stereocenters. The summed E-state index contributed by atoms with van der Waals surface area (Å²) in [5, 5.41) is 55.7. The fourth-order valence-corrected chi connectivity index (χ4v) is 1.97. The third kappa shape index (κ3) is 5.08. The van der Waals surface area contributed by atoms with Gasteiger partial charge in [0.25, 0.3) is 0 Å². The fraction of sp³-hybridized carbons (Fsp3) is 0.176. The summed E-state index contributed by atoms with van der Waals surface area (Å²) in [7, 11) is 0. The summed E-state index contributed by atoms with van der Waals surface area (Å²) in [6, 6.07) is 3.93. The lowest BCUT2D eigenvalue weighted by Crippen LogP contribution is -2.20. The molecule has 0 spiro atoms. The van der Waals surface area contributed by atoms with E-state index in [9.17, 15) is 40.2 Å². The Kier molecular flexibility index (Phi) is 5.81. The molecule has 0 atom stereocenters. The number of hydrogen-bond acceptors (Lipinski definition) is 10. The molecule has 27 heavy (non-hydrogen) atoms. The summed E-state index contributed by atoms with van der Waals surface area (Å²) in [5.74, 6) is -5.42. The maximum absolute atomic E-state index is 11.7. The lowest BCUT2D eigenvalue weighted by Gasteiger charge is -2.09. The SMILES string of the molecule is O=C(COc1cc(O)c(O)c(O)c1)CC(=O)COc1cc(O)c(O)c(O)c1. The predicted molar refractivity (Wildman–Crippen MR) is 88.5 cm³/mol. The Morgan fingerprint density at radius 1 is 0.630 bits per heavy atom. The Morgan fingerprint density at radius 3 is 1.22 bits per heavy atom. The highest BCUT2D eigenvalue weighted by molar-refractivity contribution is 6.00. The summed E-state index contributed by atoms with van der Waals surface area (Å²) in [4.78, 5) is 23.5. The van der Waals surface area contributed by atoms with Crippen LogP contribution in [0.2, 0.25) is 0 Å². The first kappa shape index (κ1) is 19.5. The van der Waals surface area contributed by atoms with E-state index in [4.69, 9.17) is 9.47 Å². The monoisotopic (exact) mass is 380 g/mol. The van der Waals surface area contributed by atoms with Crippen LogP contribution in [0.25, 0.3) is 0 Å². The average molecular weight is 380 g/mol. The molecule has 0 saturated carbocycles. The number of phenols is 6. The van der Waals surface area contributed by atoms with Crippen molar-refractivity contribution < 1.29 is 49.7 Å². The Morgan fingerprint density at radius 2 is 0.926 bits per heavy atom. The molecule has 2 aromatic rings. The van der Waals surface area contributed by atoms with Crippen molar-refractivity contribution in [1.29, 1.82) is 0 Å². The normalized spacial score (nSPS) is 10.4. The second kappa shape index (κ2) is 8.04. The number of hydrogen-bond donors (Lipinski definition) is 6. The van der Waals surface area contributed by atoms with Crippen LogP contribution in [0.1, 0.15) is 6.42 Å². The van der Waals surface area contributed by atoms with Gasteiger partial charge >= 0.3 is 0 Å². The van der Waals surface area contributed by atoms with E-state index in [2.05, 4.69) is 0 Å². The van der Waals surface area contributed by atoms with Crippen LogP contribution < -0.4 is 9.47 Å². The summed E-state index contributed by atoms with van der Waals surface area (Å²) in [5.41, 5.74) is 0. The van der Waals surface area contributed by atoms with Crippen LogP contribution in [0.5, 0.6) is 46.0 Å². The lowest BCUT2D eigenvalue weighted by molar-refractivity contribution is -0.129. The van der Waals surface area contributed by atoms with Gasteiger partial charge in [0.2, 0.25) is 11.5 Å². The third-order valence-corrected chi connectivity index (χ3v) is 3.28. The van der Waals surface area contributed by atoms with Gasteiger partial charge in [0, 0.05) is 24.3 Å². The number of benzene rings is 2. The number of ketones is 2. The number of aromatic hydroxyl groups is 6. The number of ether oxygens (including phenoxy) is 2. The van der Waals surface area contributed by atoms with Gasteiger partial charge in [-0.05, 0) is 0 Å². The molecule has 0 bridgehead atoms. The minimum atomic E-state index is -0.729.